The molecule has 0 saturated carbocycles. The minimum atomic E-state index is -0.300. The van der Waals surface area contributed by atoms with E-state index in [1.54, 1.807) is 39.2 Å². The van der Waals surface area contributed by atoms with Crippen LogP contribution in [0, 0.1) is 0 Å². The van der Waals surface area contributed by atoms with E-state index in [9.17, 15) is 9.90 Å². The number of hydrogen-bond donors (Lipinski definition) is 3. The number of rotatable bonds is 6. The number of nitrogens with zero attached hydrogens (tertiary/aromatic N) is 1. The molecule has 5 nitrogen and oxygen atoms in total. The van der Waals surface area contributed by atoms with Crippen LogP contribution < -0.4 is 11.1 Å². The highest BCUT2D eigenvalue weighted by Gasteiger charge is 2.13. The van der Waals surface area contributed by atoms with Gasteiger partial charge in [0, 0.05) is 32.0 Å². The molecule has 5 heteroatoms. The van der Waals surface area contributed by atoms with Crippen LogP contribution in [0.2, 0.25) is 0 Å². The average Bonchev–Trinajstić information content (AvgIpc) is 2.33. The van der Waals surface area contributed by atoms with Gasteiger partial charge < -0.3 is 21.1 Å². The van der Waals surface area contributed by atoms with Crippen LogP contribution in [-0.2, 0) is 0 Å². The lowest BCUT2D eigenvalue weighted by Crippen LogP contribution is -2.23. The summed E-state index contributed by atoms with van der Waals surface area (Å²) in [5, 5.41) is 12.4. The van der Waals surface area contributed by atoms with Crippen molar-refractivity contribution in [3.8, 4) is 0 Å². The van der Waals surface area contributed by atoms with E-state index in [4.69, 9.17) is 5.73 Å². The molecule has 1 aromatic rings. The molecular formula is C14H23N3O2. The Balaban J connectivity index is 2.74. The van der Waals surface area contributed by atoms with Crippen molar-refractivity contribution in [3.05, 3.63) is 23.8 Å². The molecule has 0 aliphatic heterocycles. The van der Waals surface area contributed by atoms with E-state index in [0.717, 1.165) is 18.5 Å². The summed E-state index contributed by atoms with van der Waals surface area (Å²) in [5.41, 5.74) is 7.72. The average molecular weight is 265 g/mol. The Morgan fingerprint density at radius 2 is 2.16 bits per heavy atom. The number of benzene rings is 1. The number of carbonyl (C=O) groups excluding carboxylic acids is 1. The van der Waals surface area contributed by atoms with Gasteiger partial charge in [0.15, 0.2) is 0 Å². The monoisotopic (exact) mass is 265 g/mol. The van der Waals surface area contributed by atoms with Gasteiger partial charge in [0.25, 0.3) is 5.91 Å². The second-order valence-corrected chi connectivity index (χ2v) is 4.92. The number of hydrogen-bond acceptors (Lipinski definition) is 4. The van der Waals surface area contributed by atoms with Crippen molar-refractivity contribution in [2.45, 2.75) is 25.9 Å². The summed E-state index contributed by atoms with van der Waals surface area (Å²) in [7, 11) is 3.44. The first-order valence-electron chi connectivity index (χ1n) is 6.45. The van der Waals surface area contributed by atoms with E-state index in [1.807, 2.05) is 0 Å². The van der Waals surface area contributed by atoms with Crippen molar-refractivity contribution in [3.63, 3.8) is 0 Å². The highest BCUT2D eigenvalue weighted by atomic mass is 16.3. The highest BCUT2D eigenvalue weighted by molar-refractivity contribution is 5.99. The molecule has 106 valence electrons. The number of nitrogens with two attached hydrogens (primary N) is 1. The number of nitrogen functional groups attached to an aromatic ring is 1. The zero-order chi connectivity index (χ0) is 14.4. The van der Waals surface area contributed by atoms with Gasteiger partial charge in [0.2, 0.25) is 0 Å². The smallest absolute Gasteiger partial charge is 0.255 e. The predicted molar refractivity (Wildman–Crippen MR) is 78.3 cm³/mol. The molecule has 0 spiro atoms. The molecular weight excluding hydrogens is 242 g/mol. The van der Waals surface area contributed by atoms with Crippen LogP contribution >= 0.6 is 0 Å². The van der Waals surface area contributed by atoms with Crippen LogP contribution in [0.3, 0.4) is 0 Å². The van der Waals surface area contributed by atoms with Crippen molar-refractivity contribution < 1.29 is 9.90 Å². The van der Waals surface area contributed by atoms with Gasteiger partial charge in [-0.3, -0.25) is 4.79 Å². The first kappa shape index (κ1) is 15.3. The second kappa shape index (κ2) is 6.99. The molecule has 4 N–H and O–H groups in total. The number of amides is 1. The summed E-state index contributed by atoms with van der Waals surface area (Å²) in [6, 6.07) is 5.21. The lowest BCUT2D eigenvalue weighted by molar-refractivity contribution is 0.0828. The number of nitrogens with one attached hydrogen (secondary N) is 1. The third kappa shape index (κ3) is 4.79. The minimum absolute atomic E-state index is 0.0574. The quantitative estimate of drug-likeness (QED) is 0.538. The summed E-state index contributed by atoms with van der Waals surface area (Å²) in [6.45, 7) is 2.46. The van der Waals surface area contributed by atoms with E-state index in [2.05, 4.69) is 5.32 Å². The Kier molecular flexibility index (Phi) is 5.63. The Hall–Kier alpha value is -1.75. The largest absolute Gasteiger partial charge is 0.399 e. The molecule has 0 bridgehead atoms. The third-order valence-corrected chi connectivity index (χ3v) is 2.79. The number of carbonyl (C=O) groups is 1. The van der Waals surface area contributed by atoms with Crippen LogP contribution in [0.5, 0.6) is 0 Å². The molecule has 0 aromatic heterocycles. The van der Waals surface area contributed by atoms with Crippen molar-refractivity contribution in [2.24, 2.45) is 0 Å². The molecule has 19 heavy (non-hydrogen) atoms. The number of aliphatic hydroxyl groups is 1. The lowest BCUT2D eigenvalue weighted by atomic mass is 10.1. The summed E-state index contributed by atoms with van der Waals surface area (Å²) >= 11 is 0. The predicted octanol–water partition coefficient (Wildman–Crippen LogP) is 1.54. The maximum absolute atomic E-state index is 12.0. The Bertz CT molecular complexity index is 431. The Morgan fingerprint density at radius 1 is 1.47 bits per heavy atom. The third-order valence-electron chi connectivity index (χ3n) is 2.79. The van der Waals surface area contributed by atoms with Crippen LogP contribution in [0.15, 0.2) is 18.2 Å². The fourth-order valence-corrected chi connectivity index (χ4v) is 1.76. The molecule has 1 rings (SSSR count). The standard InChI is InChI=1S/C14H23N3O2/c1-10(18)5-4-8-16-13-9-11(15)6-7-12(13)14(19)17(2)3/h6-7,9-10,16,18H,4-5,8,15H2,1-3H3. The normalized spacial score (nSPS) is 12.0. The van der Waals surface area contributed by atoms with Gasteiger partial charge in [-0.05, 0) is 38.0 Å². The molecule has 0 fully saturated rings. The van der Waals surface area contributed by atoms with Crippen LogP contribution in [-0.4, -0.2) is 42.7 Å². The van der Waals surface area contributed by atoms with Crippen molar-refractivity contribution in [1.82, 2.24) is 4.90 Å². The van der Waals surface area contributed by atoms with E-state index >= 15 is 0 Å². The Labute approximate surface area is 114 Å². The van der Waals surface area contributed by atoms with E-state index in [0.29, 0.717) is 17.8 Å². The van der Waals surface area contributed by atoms with Gasteiger partial charge >= 0.3 is 0 Å². The van der Waals surface area contributed by atoms with Crippen LogP contribution in [0.1, 0.15) is 30.1 Å². The van der Waals surface area contributed by atoms with Crippen molar-refractivity contribution in [2.75, 3.05) is 31.7 Å². The summed E-state index contributed by atoms with van der Waals surface area (Å²) in [5.74, 6) is -0.0574. The number of anilines is 2. The maximum atomic E-state index is 12.0. The lowest BCUT2D eigenvalue weighted by Gasteiger charge is -2.16. The van der Waals surface area contributed by atoms with Gasteiger partial charge in [0.05, 0.1) is 11.7 Å². The van der Waals surface area contributed by atoms with Gasteiger partial charge in [-0.2, -0.15) is 0 Å². The molecule has 0 aliphatic carbocycles. The van der Waals surface area contributed by atoms with Crippen LogP contribution in [0.25, 0.3) is 0 Å². The molecule has 1 atom stereocenters. The molecule has 1 amide bonds. The van der Waals surface area contributed by atoms with Gasteiger partial charge in [0.1, 0.15) is 0 Å². The van der Waals surface area contributed by atoms with E-state index in [-0.39, 0.29) is 12.0 Å². The van der Waals surface area contributed by atoms with E-state index in [1.165, 1.54) is 4.90 Å². The Morgan fingerprint density at radius 3 is 2.74 bits per heavy atom. The second-order valence-electron chi connectivity index (χ2n) is 4.92. The molecule has 0 heterocycles. The summed E-state index contributed by atoms with van der Waals surface area (Å²) in [4.78, 5) is 13.6. The fraction of sp³-hybridized carbons (Fsp3) is 0.500. The SMILES string of the molecule is CC(O)CCCNc1cc(N)ccc1C(=O)N(C)C. The summed E-state index contributed by atoms with van der Waals surface area (Å²) in [6.07, 6.45) is 1.26. The molecule has 1 aromatic carbocycles. The first-order valence-corrected chi connectivity index (χ1v) is 6.45. The van der Waals surface area contributed by atoms with Crippen LogP contribution in [0.4, 0.5) is 11.4 Å². The van der Waals surface area contributed by atoms with Crippen molar-refractivity contribution >= 4 is 17.3 Å². The van der Waals surface area contributed by atoms with E-state index < -0.39 is 0 Å². The number of aliphatic hydroxyl groups excluding tert-OH is 1. The molecule has 0 radical (unpaired) electrons. The van der Waals surface area contributed by atoms with Gasteiger partial charge in [-0.25, -0.2) is 0 Å². The minimum Gasteiger partial charge on any atom is -0.399 e. The highest BCUT2D eigenvalue weighted by Crippen LogP contribution is 2.20. The molecule has 1 unspecified atom stereocenters. The molecule has 0 aliphatic rings. The topological polar surface area (TPSA) is 78.6 Å². The van der Waals surface area contributed by atoms with Gasteiger partial charge in [-0.15, -0.1) is 0 Å². The summed E-state index contributed by atoms with van der Waals surface area (Å²) < 4.78 is 0. The zero-order valence-electron chi connectivity index (χ0n) is 11.8. The fourth-order valence-electron chi connectivity index (χ4n) is 1.76. The van der Waals surface area contributed by atoms with Crippen molar-refractivity contribution in [1.29, 1.82) is 0 Å². The van der Waals surface area contributed by atoms with Gasteiger partial charge in [-0.1, -0.05) is 0 Å². The first-order chi connectivity index (χ1) is 8.91. The molecule has 0 saturated heterocycles. The maximum Gasteiger partial charge on any atom is 0.255 e. The zero-order valence-corrected chi connectivity index (χ0v) is 11.8.